The van der Waals surface area contributed by atoms with Gasteiger partial charge in [-0.05, 0) is 29.7 Å². The molecule has 1 aliphatic rings. The molecule has 0 aromatic heterocycles. The van der Waals surface area contributed by atoms with Gasteiger partial charge in [0.15, 0.2) is 11.5 Å². The van der Waals surface area contributed by atoms with Gasteiger partial charge in [-0.3, -0.25) is 4.79 Å². The van der Waals surface area contributed by atoms with Crippen molar-refractivity contribution in [2.75, 3.05) is 20.3 Å². The van der Waals surface area contributed by atoms with Gasteiger partial charge in [-0.2, -0.15) is 0 Å². The molecule has 1 heterocycles. The lowest BCUT2D eigenvalue weighted by molar-refractivity contribution is -0.130. The summed E-state index contributed by atoms with van der Waals surface area (Å²) in [7, 11) is 1.85. The Hall–Kier alpha value is -2.49. The zero-order valence-corrected chi connectivity index (χ0v) is 13.3. The molecule has 0 saturated carbocycles. The van der Waals surface area contributed by atoms with Crippen LogP contribution >= 0.6 is 0 Å². The molecule has 0 bridgehead atoms. The third kappa shape index (κ3) is 4.03. The number of fused-ring (bicyclic) bond motifs is 1. The van der Waals surface area contributed by atoms with Gasteiger partial charge in [0, 0.05) is 20.0 Å². The maximum absolute atomic E-state index is 12.3. The van der Waals surface area contributed by atoms with Crippen LogP contribution in [0.1, 0.15) is 17.5 Å². The molecule has 0 unspecified atom stereocenters. The minimum Gasteiger partial charge on any atom is -0.486 e. The van der Waals surface area contributed by atoms with E-state index in [0.717, 1.165) is 22.6 Å². The van der Waals surface area contributed by atoms with Crippen molar-refractivity contribution in [3.63, 3.8) is 0 Å². The van der Waals surface area contributed by atoms with Crippen LogP contribution in [0.2, 0.25) is 0 Å². The summed E-state index contributed by atoms with van der Waals surface area (Å²) in [5, 5.41) is 0. The van der Waals surface area contributed by atoms with Gasteiger partial charge in [-0.1, -0.05) is 36.4 Å². The summed E-state index contributed by atoms with van der Waals surface area (Å²) in [6.45, 7) is 1.81. The molecular weight excluding hydrogens is 290 g/mol. The number of hydrogen-bond donors (Lipinski definition) is 0. The molecule has 0 fully saturated rings. The first kappa shape index (κ1) is 15.4. The molecule has 0 atom stereocenters. The molecule has 0 N–H and O–H groups in total. The fraction of sp³-hybridized carbons (Fsp3) is 0.316. The number of carbonyl (C=O) groups excluding carboxylic acids is 1. The minimum absolute atomic E-state index is 0.142. The highest BCUT2D eigenvalue weighted by atomic mass is 16.6. The summed E-state index contributed by atoms with van der Waals surface area (Å²) in [4.78, 5) is 14.1. The molecule has 1 amide bonds. The Morgan fingerprint density at radius 1 is 1.00 bits per heavy atom. The summed E-state index contributed by atoms with van der Waals surface area (Å²) in [6, 6.07) is 15.9. The Kier molecular flexibility index (Phi) is 4.81. The quantitative estimate of drug-likeness (QED) is 0.852. The third-order valence-corrected chi connectivity index (χ3v) is 3.92. The number of aryl methyl sites for hydroxylation is 1. The molecule has 4 heteroatoms. The van der Waals surface area contributed by atoms with E-state index in [-0.39, 0.29) is 5.91 Å². The summed E-state index contributed by atoms with van der Waals surface area (Å²) in [5.74, 6) is 1.70. The Labute approximate surface area is 136 Å². The van der Waals surface area contributed by atoms with Crippen LogP contribution in [0.3, 0.4) is 0 Å². The van der Waals surface area contributed by atoms with Crippen molar-refractivity contribution in [3.8, 4) is 11.5 Å². The second-order valence-electron chi connectivity index (χ2n) is 5.71. The van der Waals surface area contributed by atoms with Crippen LogP contribution in [0.25, 0.3) is 0 Å². The fourth-order valence-electron chi connectivity index (χ4n) is 2.63. The van der Waals surface area contributed by atoms with Crippen LogP contribution in [-0.4, -0.2) is 31.1 Å². The Balaban J connectivity index is 1.54. The van der Waals surface area contributed by atoms with Crippen molar-refractivity contribution < 1.29 is 14.3 Å². The predicted octanol–water partition coefficient (Wildman–Crippen LogP) is 3.05. The van der Waals surface area contributed by atoms with Crippen LogP contribution in [0.5, 0.6) is 11.5 Å². The molecule has 0 radical (unpaired) electrons. The van der Waals surface area contributed by atoms with E-state index in [1.165, 1.54) is 0 Å². The van der Waals surface area contributed by atoms with Crippen LogP contribution in [0, 0.1) is 0 Å². The van der Waals surface area contributed by atoms with Gasteiger partial charge in [-0.15, -0.1) is 0 Å². The molecular formula is C19H21NO3. The van der Waals surface area contributed by atoms with E-state index >= 15 is 0 Å². The van der Waals surface area contributed by atoms with E-state index in [4.69, 9.17) is 9.47 Å². The number of ether oxygens (including phenoxy) is 2. The van der Waals surface area contributed by atoms with Gasteiger partial charge < -0.3 is 14.4 Å². The zero-order chi connectivity index (χ0) is 16.1. The lowest BCUT2D eigenvalue weighted by Gasteiger charge is -2.19. The molecule has 2 aromatic carbocycles. The first-order chi connectivity index (χ1) is 11.2. The van der Waals surface area contributed by atoms with Gasteiger partial charge in [0.25, 0.3) is 0 Å². The summed E-state index contributed by atoms with van der Waals surface area (Å²) in [5.41, 5.74) is 2.23. The third-order valence-electron chi connectivity index (χ3n) is 3.92. The van der Waals surface area contributed by atoms with Crippen LogP contribution in [0.4, 0.5) is 0 Å². The van der Waals surface area contributed by atoms with Gasteiger partial charge in [0.05, 0.1) is 0 Å². The molecule has 0 saturated heterocycles. The molecule has 4 nitrogen and oxygen atoms in total. The smallest absolute Gasteiger partial charge is 0.222 e. The van der Waals surface area contributed by atoms with E-state index in [1.54, 1.807) is 4.90 Å². The Morgan fingerprint density at radius 3 is 2.52 bits per heavy atom. The molecule has 0 spiro atoms. The highest BCUT2D eigenvalue weighted by Crippen LogP contribution is 2.31. The minimum atomic E-state index is 0.142. The highest BCUT2D eigenvalue weighted by molar-refractivity contribution is 5.76. The maximum atomic E-state index is 12.3. The molecule has 3 rings (SSSR count). The molecule has 0 aliphatic carbocycles. The van der Waals surface area contributed by atoms with Crippen molar-refractivity contribution in [2.45, 2.75) is 19.4 Å². The Bertz CT molecular complexity index is 670. The van der Waals surface area contributed by atoms with Gasteiger partial charge in [-0.25, -0.2) is 0 Å². The second kappa shape index (κ2) is 7.18. The van der Waals surface area contributed by atoms with E-state index in [1.807, 2.05) is 55.6 Å². The topological polar surface area (TPSA) is 38.8 Å². The predicted molar refractivity (Wildman–Crippen MR) is 88.7 cm³/mol. The van der Waals surface area contributed by atoms with Crippen molar-refractivity contribution in [1.29, 1.82) is 0 Å². The number of hydrogen-bond acceptors (Lipinski definition) is 3. The first-order valence-corrected chi connectivity index (χ1v) is 7.89. The number of rotatable bonds is 5. The highest BCUT2D eigenvalue weighted by Gasteiger charge is 2.13. The lowest BCUT2D eigenvalue weighted by Crippen LogP contribution is -2.26. The molecule has 1 aliphatic heterocycles. The average molecular weight is 311 g/mol. The van der Waals surface area contributed by atoms with Crippen LogP contribution in [-0.2, 0) is 17.8 Å². The summed E-state index contributed by atoms with van der Waals surface area (Å²) in [6.07, 6.45) is 1.19. The van der Waals surface area contributed by atoms with Crippen molar-refractivity contribution >= 4 is 5.91 Å². The normalized spacial score (nSPS) is 12.7. The first-order valence-electron chi connectivity index (χ1n) is 7.89. The van der Waals surface area contributed by atoms with Crippen molar-refractivity contribution in [3.05, 3.63) is 59.7 Å². The maximum Gasteiger partial charge on any atom is 0.222 e. The van der Waals surface area contributed by atoms with Gasteiger partial charge >= 0.3 is 0 Å². The van der Waals surface area contributed by atoms with Gasteiger partial charge in [0.2, 0.25) is 5.91 Å². The zero-order valence-electron chi connectivity index (χ0n) is 13.3. The van der Waals surface area contributed by atoms with E-state index in [9.17, 15) is 4.79 Å². The summed E-state index contributed by atoms with van der Waals surface area (Å²) < 4.78 is 11.1. The summed E-state index contributed by atoms with van der Waals surface area (Å²) >= 11 is 0. The van der Waals surface area contributed by atoms with Crippen molar-refractivity contribution in [1.82, 2.24) is 4.90 Å². The van der Waals surface area contributed by atoms with E-state index in [0.29, 0.717) is 32.6 Å². The standard InChI is InChI=1S/C19H21NO3/c1-20(14-16-5-3-2-4-6-16)19(21)10-8-15-7-9-17-18(13-15)23-12-11-22-17/h2-7,9,13H,8,10-12,14H2,1H3. The lowest BCUT2D eigenvalue weighted by atomic mass is 10.1. The number of nitrogens with zero attached hydrogens (tertiary/aromatic N) is 1. The molecule has 23 heavy (non-hydrogen) atoms. The van der Waals surface area contributed by atoms with E-state index in [2.05, 4.69) is 0 Å². The number of benzene rings is 2. The van der Waals surface area contributed by atoms with Crippen molar-refractivity contribution in [2.24, 2.45) is 0 Å². The van der Waals surface area contributed by atoms with Crippen LogP contribution < -0.4 is 9.47 Å². The SMILES string of the molecule is CN(Cc1ccccc1)C(=O)CCc1ccc2c(c1)OCCO2. The van der Waals surface area contributed by atoms with E-state index < -0.39 is 0 Å². The van der Waals surface area contributed by atoms with Gasteiger partial charge in [0.1, 0.15) is 13.2 Å². The fourth-order valence-corrected chi connectivity index (χ4v) is 2.63. The monoisotopic (exact) mass is 311 g/mol. The number of carbonyl (C=O) groups is 1. The molecule has 120 valence electrons. The van der Waals surface area contributed by atoms with Crippen LogP contribution in [0.15, 0.2) is 48.5 Å². The number of amides is 1. The second-order valence-corrected chi connectivity index (χ2v) is 5.71. The Morgan fingerprint density at radius 2 is 1.74 bits per heavy atom. The largest absolute Gasteiger partial charge is 0.486 e. The molecule has 2 aromatic rings. The average Bonchev–Trinajstić information content (AvgIpc) is 2.60.